The molecule has 0 aliphatic rings. The van der Waals surface area contributed by atoms with Crippen molar-refractivity contribution >= 4 is 11.0 Å². The maximum atomic E-state index is 4.47. The second-order valence-corrected chi connectivity index (χ2v) is 7.88. The van der Waals surface area contributed by atoms with Crippen LogP contribution in [-0.2, 0) is 6.54 Å². The van der Waals surface area contributed by atoms with E-state index in [1.807, 2.05) is 6.33 Å². The number of para-hydroxylation sites is 2. The molecule has 1 aromatic carbocycles. The Morgan fingerprint density at radius 3 is 1.73 bits per heavy atom. The smallest absolute Gasteiger partial charge is 0.0958 e. The van der Waals surface area contributed by atoms with Gasteiger partial charge in [0.1, 0.15) is 0 Å². The Morgan fingerprint density at radius 1 is 0.654 bits per heavy atom. The molecule has 2 rings (SSSR count). The van der Waals surface area contributed by atoms with Gasteiger partial charge in [0.15, 0.2) is 0 Å². The molecule has 0 amide bonds. The standard InChI is InChI=1S/C24H40N2/c1-2-3-4-5-6-7-8-9-10-11-12-13-14-15-18-21-26-22-25-23-19-16-17-20-24(23)26/h16-17,19-20,22H,2-15,18,21H2,1H3. The van der Waals surface area contributed by atoms with E-state index < -0.39 is 0 Å². The van der Waals surface area contributed by atoms with Gasteiger partial charge in [0.2, 0.25) is 0 Å². The lowest BCUT2D eigenvalue weighted by atomic mass is 10.0. The molecule has 26 heavy (non-hydrogen) atoms. The fraction of sp³-hybridized carbons (Fsp3) is 0.708. The van der Waals surface area contributed by atoms with Crippen LogP contribution >= 0.6 is 0 Å². The van der Waals surface area contributed by atoms with Crippen LogP contribution < -0.4 is 0 Å². The van der Waals surface area contributed by atoms with E-state index in [9.17, 15) is 0 Å². The first-order valence-electron chi connectivity index (χ1n) is 11.3. The number of unbranched alkanes of at least 4 members (excludes halogenated alkanes) is 14. The number of imidazole rings is 1. The summed E-state index contributed by atoms with van der Waals surface area (Å²) >= 11 is 0. The van der Waals surface area contributed by atoms with E-state index in [2.05, 4.69) is 40.7 Å². The van der Waals surface area contributed by atoms with E-state index >= 15 is 0 Å². The number of benzene rings is 1. The van der Waals surface area contributed by atoms with Crippen molar-refractivity contribution in [1.29, 1.82) is 0 Å². The highest BCUT2D eigenvalue weighted by atomic mass is 15.0. The van der Waals surface area contributed by atoms with E-state index in [-0.39, 0.29) is 0 Å². The molecule has 1 aromatic heterocycles. The Bertz CT molecular complexity index is 572. The van der Waals surface area contributed by atoms with Crippen LogP contribution in [0.4, 0.5) is 0 Å². The summed E-state index contributed by atoms with van der Waals surface area (Å²) in [5, 5.41) is 0. The minimum absolute atomic E-state index is 1.11. The lowest BCUT2D eigenvalue weighted by Gasteiger charge is -2.05. The maximum Gasteiger partial charge on any atom is 0.0958 e. The first kappa shape index (κ1) is 21.0. The molecule has 0 radical (unpaired) electrons. The summed E-state index contributed by atoms with van der Waals surface area (Å²) in [6.45, 7) is 3.40. The minimum Gasteiger partial charge on any atom is -0.331 e. The number of nitrogens with zero attached hydrogens (tertiary/aromatic N) is 2. The summed E-state index contributed by atoms with van der Waals surface area (Å²) in [5.74, 6) is 0. The van der Waals surface area contributed by atoms with Crippen LogP contribution in [0.1, 0.15) is 103 Å². The van der Waals surface area contributed by atoms with Gasteiger partial charge in [0.25, 0.3) is 0 Å². The molecule has 0 unspecified atom stereocenters. The zero-order valence-corrected chi connectivity index (χ0v) is 17.1. The highest BCUT2D eigenvalue weighted by molar-refractivity contribution is 5.74. The van der Waals surface area contributed by atoms with Crippen molar-refractivity contribution in [1.82, 2.24) is 9.55 Å². The number of hydrogen-bond acceptors (Lipinski definition) is 1. The summed E-state index contributed by atoms with van der Waals surface area (Å²) in [7, 11) is 0. The molecule has 0 spiro atoms. The normalized spacial score (nSPS) is 11.4. The van der Waals surface area contributed by atoms with Gasteiger partial charge >= 0.3 is 0 Å². The predicted molar refractivity (Wildman–Crippen MR) is 115 cm³/mol. The number of fused-ring (bicyclic) bond motifs is 1. The third-order valence-corrected chi connectivity index (χ3v) is 5.53. The Balaban J connectivity index is 1.35. The molecule has 0 bridgehead atoms. The lowest BCUT2D eigenvalue weighted by molar-refractivity contribution is 0.524. The molecule has 2 heteroatoms. The monoisotopic (exact) mass is 356 g/mol. The zero-order chi connectivity index (χ0) is 18.3. The van der Waals surface area contributed by atoms with Gasteiger partial charge in [-0.2, -0.15) is 0 Å². The summed E-state index contributed by atoms with van der Waals surface area (Å²) in [6, 6.07) is 8.44. The van der Waals surface area contributed by atoms with Crippen molar-refractivity contribution in [2.45, 2.75) is 110 Å². The largest absolute Gasteiger partial charge is 0.331 e. The van der Waals surface area contributed by atoms with Crippen molar-refractivity contribution in [3.05, 3.63) is 30.6 Å². The predicted octanol–water partition coefficient (Wildman–Crippen LogP) is 7.91. The van der Waals surface area contributed by atoms with Gasteiger partial charge in [-0.3, -0.25) is 0 Å². The number of aromatic nitrogens is 2. The number of aryl methyl sites for hydroxylation is 1. The molecule has 2 aromatic rings. The SMILES string of the molecule is CCCCCCCCCCCCCCCCCn1cnc2ccccc21. The van der Waals surface area contributed by atoms with Gasteiger partial charge in [-0.05, 0) is 18.6 Å². The first-order valence-corrected chi connectivity index (χ1v) is 11.3. The van der Waals surface area contributed by atoms with Gasteiger partial charge in [0.05, 0.1) is 17.4 Å². The Hall–Kier alpha value is -1.31. The third-order valence-electron chi connectivity index (χ3n) is 5.53. The minimum atomic E-state index is 1.11. The molecule has 146 valence electrons. The molecular formula is C24H40N2. The zero-order valence-electron chi connectivity index (χ0n) is 17.1. The highest BCUT2D eigenvalue weighted by Gasteiger charge is 2.00. The van der Waals surface area contributed by atoms with Crippen molar-refractivity contribution in [2.24, 2.45) is 0 Å². The van der Waals surface area contributed by atoms with Crippen LogP contribution in [0.15, 0.2) is 30.6 Å². The average molecular weight is 357 g/mol. The van der Waals surface area contributed by atoms with Crippen LogP contribution in [0, 0.1) is 0 Å². The van der Waals surface area contributed by atoms with E-state index in [4.69, 9.17) is 0 Å². The summed E-state index contributed by atoms with van der Waals surface area (Å²) in [4.78, 5) is 4.47. The summed E-state index contributed by atoms with van der Waals surface area (Å²) in [5.41, 5.74) is 2.39. The van der Waals surface area contributed by atoms with Gasteiger partial charge in [0, 0.05) is 6.54 Å². The molecular weight excluding hydrogens is 316 g/mol. The first-order chi connectivity index (χ1) is 12.9. The third kappa shape index (κ3) is 8.38. The lowest BCUT2D eigenvalue weighted by Crippen LogP contribution is -1.95. The quantitative estimate of drug-likeness (QED) is 0.279. The van der Waals surface area contributed by atoms with Crippen LogP contribution in [0.2, 0.25) is 0 Å². The highest BCUT2D eigenvalue weighted by Crippen LogP contribution is 2.15. The maximum absolute atomic E-state index is 4.47. The molecule has 1 heterocycles. The second-order valence-electron chi connectivity index (χ2n) is 7.88. The average Bonchev–Trinajstić information content (AvgIpc) is 3.08. The van der Waals surface area contributed by atoms with Crippen LogP contribution in [0.5, 0.6) is 0 Å². The summed E-state index contributed by atoms with van der Waals surface area (Å²) < 4.78 is 2.30. The van der Waals surface area contributed by atoms with Gasteiger partial charge < -0.3 is 4.57 Å². The molecule has 0 aliphatic carbocycles. The van der Waals surface area contributed by atoms with Gasteiger partial charge in [-0.1, -0.05) is 109 Å². The molecule has 0 fully saturated rings. The Kier molecular flexibility index (Phi) is 11.2. The molecule has 0 saturated heterocycles. The van der Waals surface area contributed by atoms with Gasteiger partial charge in [-0.25, -0.2) is 4.98 Å². The van der Waals surface area contributed by atoms with E-state index in [1.165, 1.54) is 102 Å². The van der Waals surface area contributed by atoms with Crippen molar-refractivity contribution in [3.63, 3.8) is 0 Å². The van der Waals surface area contributed by atoms with Gasteiger partial charge in [-0.15, -0.1) is 0 Å². The van der Waals surface area contributed by atoms with Crippen LogP contribution in [0.25, 0.3) is 11.0 Å². The molecule has 2 nitrogen and oxygen atoms in total. The van der Waals surface area contributed by atoms with Crippen molar-refractivity contribution in [2.75, 3.05) is 0 Å². The topological polar surface area (TPSA) is 17.8 Å². The van der Waals surface area contributed by atoms with Crippen molar-refractivity contribution < 1.29 is 0 Å². The van der Waals surface area contributed by atoms with Crippen molar-refractivity contribution in [3.8, 4) is 0 Å². The number of rotatable bonds is 16. The second kappa shape index (κ2) is 13.8. The number of hydrogen-bond donors (Lipinski definition) is 0. The molecule has 0 N–H and O–H groups in total. The fourth-order valence-electron chi connectivity index (χ4n) is 3.84. The van der Waals surface area contributed by atoms with E-state index in [1.54, 1.807) is 0 Å². The molecule has 0 aliphatic heterocycles. The Labute approximate surface area is 161 Å². The van der Waals surface area contributed by atoms with E-state index in [0.29, 0.717) is 0 Å². The fourth-order valence-corrected chi connectivity index (χ4v) is 3.84. The van der Waals surface area contributed by atoms with E-state index in [0.717, 1.165) is 12.1 Å². The van der Waals surface area contributed by atoms with Crippen LogP contribution in [-0.4, -0.2) is 9.55 Å². The Morgan fingerprint density at radius 2 is 1.15 bits per heavy atom. The molecule has 0 atom stereocenters. The summed E-state index contributed by atoms with van der Waals surface area (Å²) in [6.07, 6.45) is 23.3. The van der Waals surface area contributed by atoms with Crippen LogP contribution in [0.3, 0.4) is 0 Å². The molecule has 0 saturated carbocycles.